The minimum absolute atomic E-state index is 0.0574. The smallest absolute Gasteiger partial charge is 0.255 e. The molecule has 0 heterocycles. The highest BCUT2D eigenvalue weighted by Crippen LogP contribution is 2.47. The van der Waals surface area contributed by atoms with Crippen LogP contribution in [-0.4, -0.2) is 23.5 Å². The van der Waals surface area contributed by atoms with E-state index in [1.165, 1.54) is 12.1 Å². The highest BCUT2D eigenvalue weighted by molar-refractivity contribution is 7.87. The normalized spacial score (nSPS) is 12.8. The van der Waals surface area contributed by atoms with Gasteiger partial charge in [0.1, 0.15) is 9.79 Å². The molecule has 196 valence electrons. The number of benzene rings is 2. The van der Waals surface area contributed by atoms with Crippen molar-refractivity contribution in [3.63, 3.8) is 0 Å². The second-order valence-corrected chi connectivity index (χ2v) is 13.0. The second kappa shape index (κ2) is 12.0. The van der Waals surface area contributed by atoms with Gasteiger partial charge in [0, 0.05) is 6.66 Å². The highest BCUT2D eigenvalue weighted by Gasteiger charge is 2.32. The molecule has 0 unspecified atom stereocenters. The monoisotopic (exact) mass is 588 g/mol. The molecule has 0 bridgehead atoms. The molecule has 14 heteroatoms. The van der Waals surface area contributed by atoms with E-state index in [4.69, 9.17) is 23.2 Å². The van der Waals surface area contributed by atoms with E-state index in [0.717, 1.165) is 17.8 Å². The van der Waals surface area contributed by atoms with Crippen molar-refractivity contribution in [2.24, 2.45) is 0 Å². The molecule has 0 aliphatic heterocycles. The van der Waals surface area contributed by atoms with E-state index in [1.807, 2.05) is 27.7 Å². The van der Waals surface area contributed by atoms with Crippen LogP contribution < -0.4 is 0 Å². The molecule has 35 heavy (non-hydrogen) atoms. The third kappa shape index (κ3) is 7.06. The Morgan fingerprint density at radius 1 is 0.686 bits per heavy atom. The van der Waals surface area contributed by atoms with E-state index in [0.29, 0.717) is 36.8 Å². The molecule has 0 amide bonds. The van der Waals surface area contributed by atoms with Crippen molar-refractivity contribution in [2.45, 2.75) is 63.2 Å². The van der Waals surface area contributed by atoms with Crippen LogP contribution in [0.4, 0.5) is 0 Å². The molecule has 0 aliphatic carbocycles. The summed E-state index contributed by atoms with van der Waals surface area (Å²) in [4.78, 5) is -0.812. The van der Waals surface area contributed by atoms with Crippen LogP contribution in [-0.2, 0) is 68.5 Å². The molecule has 9 nitrogen and oxygen atoms in total. The predicted octanol–water partition coefficient (Wildman–Crippen LogP) is 6.04. The molecule has 0 saturated heterocycles. The average molecular weight is 589 g/mol. The zero-order chi connectivity index (χ0) is 26.6. The topological polar surface area (TPSA) is 122 Å². The lowest BCUT2D eigenvalue weighted by Crippen LogP contribution is -2.12. The van der Waals surface area contributed by atoms with Gasteiger partial charge in [0.15, 0.2) is 0 Å². The van der Waals surface area contributed by atoms with Crippen molar-refractivity contribution in [2.75, 3.05) is 6.66 Å². The van der Waals surface area contributed by atoms with E-state index in [2.05, 4.69) is 18.0 Å². The Hall–Kier alpha value is -1.01. The second-order valence-electron chi connectivity index (χ2n) is 7.41. The summed E-state index contributed by atoms with van der Waals surface area (Å²) in [6, 6.07) is 5.62. The van der Waals surface area contributed by atoms with Gasteiger partial charge in [-0.1, -0.05) is 71.7 Å². The molecule has 0 saturated carbocycles. The molecule has 0 atom stereocenters. The largest absolute Gasteiger partial charge is 0.384 e. The lowest BCUT2D eigenvalue weighted by molar-refractivity contribution is -0.163. The van der Waals surface area contributed by atoms with E-state index in [-0.39, 0.29) is 10.0 Å². The summed E-state index contributed by atoms with van der Waals surface area (Å²) in [6.45, 7) is 8.17. The van der Waals surface area contributed by atoms with Crippen molar-refractivity contribution >= 4 is 51.0 Å². The summed E-state index contributed by atoms with van der Waals surface area (Å²) in [5.41, 5.74) is 2.94. The maximum absolute atomic E-state index is 12.6. The summed E-state index contributed by atoms with van der Waals surface area (Å²) in [5.74, 6) is 0. The SMILES string of the molecule is CCc1ccc(S(=O)(=O)OOP(C)(=O)OOS(=O)(=O)c2ccc(CC)c(CC)c2Cl)c(Cl)c1CC. The fraction of sp³-hybridized carbons (Fsp3) is 0.429. The Bertz CT molecular complexity index is 1240. The van der Waals surface area contributed by atoms with Gasteiger partial charge < -0.3 is 0 Å². The van der Waals surface area contributed by atoms with Gasteiger partial charge in [-0.3, -0.25) is 4.57 Å². The van der Waals surface area contributed by atoms with Crippen LogP contribution in [0.3, 0.4) is 0 Å². The fourth-order valence-electron chi connectivity index (χ4n) is 3.37. The van der Waals surface area contributed by atoms with Crippen LogP contribution in [0.2, 0.25) is 10.0 Å². The van der Waals surface area contributed by atoms with Crippen LogP contribution in [0.25, 0.3) is 0 Å². The van der Waals surface area contributed by atoms with Gasteiger partial charge in [0.05, 0.1) is 10.0 Å². The van der Waals surface area contributed by atoms with Crippen LogP contribution in [0.5, 0.6) is 0 Å². The minimum Gasteiger partial charge on any atom is -0.255 e. The first-order valence-corrected chi connectivity index (χ1v) is 16.2. The van der Waals surface area contributed by atoms with Crippen molar-refractivity contribution < 1.29 is 39.4 Å². The van der Waals surface area contributed by atoms with Crippen molar-refractivity contribution in [3.05, 3.63) is 56.6 Å². The Morgan fingerprint density at radius 2 is 1.03 bits per heavy atom. The number of hydrogen-bond donors (Lipinski definition) is 0. The lowest BCUT2D eigenvalue weighted by atomic mass is 10.0. The van der Waals surface area contributed by atoms with Crippen LogP contribution >= 0.6 is 30.8 Å². The standard InChI is InChI=1S/C21H27Cl2O9PS2/c1-6-14-10-12-18(20(22)16(14)8-3)34(25,26)31-29-33(5,24)30-32-35(27,28)19-13-11-15(7-2)17(9-4)21(19)23/h10-13H,6-9H2,1-5H3. The maximum Gasteiger partial charge on any atom is 0.384 e. The van der Waals surface area contributed by atoms with E-state index >= 15 is 0 Å². The van der Waals surface area contributed by atoms with Gasteiger partial charge in [0.2, 0.25) is 0 Å². The van der Waals surface area contributed by atoms with Gasteiger partial charge in [-0.05, 0) is 60.1 Å². The van der Waals surface area contributed by atoms with Crippen molar-refractivity contribution in [1.82, 2.24) is 0 Å². The van der Waals surface area contributed by atoms with Gasteiger partial charge in [-0.2, -0.15) is 16.8 Å². The molecule has 2 rings (SSSR count). The average Bonchev–Trinajstić information content (AvgIpc) is 2.80. The first-order chi connectivity index (χ1) is 16.2. The van der Waals surface area contributed by atoms with Gasteiger partial charge in [-0.15, -0.1) is 9.35 Å². The molecule has 2 aromatic rings. The molecule has 0 radical (unpaired) electrons. The summed E-state index contributed by atoms with van der Waals surface area (Å²) in [6.07, 6.45) is 2.20. The molecule has 0 fully saturated rings. The zero-order valence-electron chi connectivity index (χ0n) is 19.8. The molecule has 0 N–H and O–H groups in total. The van der Waals surface area contributed by atoms with E-state index in [9.17, 15) is 21.4 Å². The molecule has 2 aromatic carbocycles. The van der Waals surface area contributed by atoms with Crippen LogP contribution in [0.1, 0.15) is 49.9 Å². The molecule has 0 spiro atoms. The maximum atomic E-state index is 12.6. The van der Waals surface area contributed by atoms with E-state index < -0.39 is 37.6 Å². The zero-order valence-corrected chi connectivity index (χ0v) is 23.9. The van der Waals surface area contributed by atoms with Gasteiger partial charge in [-0.25, -0.2) is 0 Å². The molecule has 0 aliphatic rings. The predicted molar refractivity (Wildman–Crippen MR) is 133 cm³/mol. The van der Waals surface area contributed by atoms with Gasteiger partial charge >= 0.3 is 27.8 Å². The Kier molecular flexibility index (Phi) is 10.4. The van der Waals surface area contributed by atoms with Crippen LogP contribution in [0, 0.1) is 0 Å². The third-order valence-electron chi connectivity index (χ3n) is 5.13. The Morgan fingerprint density at radius 3 is 1.31 bits per heavy atom. The summed E-state index contributed by atoms with van der Waals surface area (Å²) in [7, 11) is -13.8. The number of hydrogen-bond acceptors (Lipinski definition) is 9. The lowest BCUT2D eigenvalue weighted by Gasteiger charge is -2.15. The fourth-order valence-corrected chi connectivity index (χ4v) is 7.42. The quantitative estimate of drug-likeness (QED) is 0.166. The highest BCUT2D eigenvalue weighted by atomic mass is 35.5. The third-order valence-corrected chi connectivity index (χ3v) is 9.36. The van der Waals surface area contributed by atoms with Crippen LogP contribution in [0.15, 0.2) is 34.1 Å². The number of rotatable bonds is 12. The summed E-state index contributed by atoms with van der Waals surface area (Å²) < 4.78 is 80.5. The number of aryl methyl sites for hydroxylation is 2. The number of halogens is 2. The van der Waals surface area contributed by atoms with Crippen molar-refractivity contribution in [3.8, 4) is 0 Å². The van der Waals surface area contributed by atoms with Gasteiger partial charge in [0.25, 0.3) is 0 Å². The Labute approximate surface area is 216 Å². The molecular formula is C21H27Cl2O9PS2. The summed E-state index contributed by atoms with van der Waals surface area (Å²) in [5, 5.41) is -0.115. The molecular weight excluding hydrogens is 562 g/mol. The minimum atomic E-state index is -4.64. The summed E-state index contributed by atoms with van der Waals surface area (Å²) >= 11 is 12.5. The van der Waals surface area contributed by atoms with Crippen molar-refractivity contribution in [1.29, 1.82) is 0 Å². The van der Waals surface area contributed by atoms with E-state index in [1.54, 1.807) is 12.1 Å². The first kappa shape index (κ1) is 30.2. The Balaban J connectivity index is 2.19. The molecule has 0 aromatic heterocycles. The first-order valence-electron chi connectivity index (χ1n) is 10.7.